The summed E-state index contributed by atoms with van der Waals surface area (Å²) in [6.45, 7) is 0.409. The molecular weight excluding hydrogens is 480 g/mol. The lowest BCUT2D eigenvalue weighted by molar-refractivity contribution is 0.0924. The van der Waals surface area contributed by atoms with Crippen LogP contribution in [0.4, 0.5) is 11.5 Å². The number of piperidine rings is 1. The molecule has 2 bridgehead atoms. The molecule has 6 N–H and O–H groups in total. The molecule has 0 spiro atoms. The van der Waals surface area contributed by atoms with Crippen molar-refractivity contribution in [2.75, 3.05) is 35.0 Å². The van der Waals surface area contributed by atoms with Gasteiger partial charge in [-0.3, -0.25) is 18.6 Å². The van der Waals surface area contributed by atoms with Crippen LogP contribution >= 0.6 is 0 Å². The first-order valence-electron chi connectivity index (χ1n) is 12.1. The van der Waals surface area contributed by atoms with Crippen molar-refractivity contribution < 1.29 is 18.6 Å². The van der Waals surface area contributed by atoms with Gasteiger partial charge in [0.15, 0.2) is 0 Å². The first kappa shape index (κ1) is 25.6. The molecule has 3 amide bonds. The topological polar surface area (TPSA) is 161 Å². The minimum atomic E-state index is -2.22. The standard InChI is InChI=1S/C25H34N6O4S/c1-36(2,35)10-9-28-21-11-15(3-7-20(21)24(27)33)25(34)30-17-12-18-5-6-19(13-17)31(18)22-8-4-16(14-29-22)23(26)32/h3-4,7-8,11,14,17-19,28,36H,5-6,9-10,12-13H2,1-2H3,(H2,26,32)(H2,27,33)(H,30,34). The van der Waals surface area contributed by atoms with Crippen molar-refractivity contribution in [2.45, 2.75) is 43.8 Å². The van der Waals surface area contributed by atoms with Crippen LogP contribution in [0.5, 0.6) is 0 Å². The molecule has 1 aromatic heterocycles. The predicted molar refractivity (Wildman–Crippen MR) is 142 cm³/mol. The number of nitrogens with two attached hydrogens (primary N) is 2. The molecule has 3 heterocycles. The highest BCUT2D eigenvalue weighted by molar-refractivity contribution is 8.01. The highest BCUT2D eigenvalue weighted by Crippen LogP contribution is 2.38. The number of anilines is 2. The Morgan fingerprint density at radius 1 is 1.03 bits per heavy atom. The van der Waals surface area contributed by atoms with Crippen LogP contribution in [0.2, 0.25) is 0 Å². The molecule has 36 heavy (non-hydrogen) atoms. The van der Waals surface area contributed by atoms with Crippen LogP contribution in [-0.4, -0.2) is 69.8 Å². The van der Waals surface area contributed by atoms with Crippen LogP contribution < -0.4 is 27.0 Å². The number of nitrogens with zero attached hydrogens (tertiary/aromatic N) is 2. The van der Waals surface area contributed by atoms with E-state index in [1.807, 2.05) is 6.07 Å². The van der Waals surface area contributed by atoms with Crippen LogP contribution in [0.3, 0.4) is 0 Å². The van der Waals surface area contributed by atoms with E-state index in [0.717, 1.165) is 31.5 Å². The first-order chi connectivity index (χ1) is 17.0. The Kier molecular flexibility index (Phi) is 7.30. The molecule has 2 atom stereocenters. The van der Waals surface area contributed by atoms with E-state index in [4.69, 9.17) is 11.5 Å². The summed E-state index contributed by atoms with van der Waals surface area (Å²) in [5, 5.41) is 6.27. The monoisotopic (exact) mass is 514 g/mol. The molecule has 2 aliphatic heterocycles. The molecule has 0 radical (unpaired) electrons. The molecule has 1 aromatic carbocycles. The Labute approximate surface area is 211 Å². The van der Waals surface area contributed by atoms with Gasteiger partial charge in [0, 0.05) is 47.9 Å². The van der Waals surface area contributed by atoms with E-state index in [1.54, 1.807) is 36.8 Å². The summed E-state index contributed by atoms with van der Waals surface area (Å²) in [5.74, 6) is -0.0343. The van der Waals surface area contributed by atoms with E-state index in [-0.39, 0.29) is 29.6 Å². The summed E-state index contributed by atoms with van der Waals surface area (Å²) in [7, 11) is -2.22. The number of primary amides is 2. The summed E-state index contributed by atoms with van der Waals surface area (Å²) < 4.78 is 12.0. The Balaban J connectivity index is 1.42. The summed E-state index contributed by atoms with van der Waals surface area (Å²) in [5.41, 5.74) is 12.4. The van der Waals surface area contributed by atoms with E-state index in [0.29, 0.717) is 29.1 Å². The maximum Gasteiger partial charge on any atom is 0.251 e. The molecule has 2 saturated heterocycles. The number of nitrogens with one attached hydrogen (secondary N) is 2. The zero-order valence-corrected chi connectivity index (χ0v) is 21.5. The lowest BCUT2D eigenvalue weighted by Crippen LogP contribution is -2.50. The Morgan fingerprint density at radius 3 is 2.25 bits per heavy atom. The van der Waals surface area contributed by atoms with E-state index < -0.39 is 21.7 Å². The molecule has 2 fully saturated rings. The average Bonchev–Trinajstić information content (AvgIpc) is 3.08. The molecule has 4 rings (SSSR count). The molecule has 0 aliphatic carbocycles. The van der Waals surface area contributed by atoms with Crippen molar-refractivity contribution in [1.82, 2.24) is 10.3 Å². The van der Waals surface area contributed by atoms with Gasteiger partial charge in [0.05, 0.1) is 11.1 Å². The second kappa shape index (κ2) is 10.3. The zero-order valence-electron chi connectivity index (χ0n) is 20.6. The number of carbonyl (C=O) groups excluding carboxylic acids is 3. The van der Waals surface area contributed by atoms with Crippen LogP contribution in [0, 0.1) is 0 Å². The number of hydrogen-bond acceptors (Lipinski definition) is 7. The van der Waals surface area contributed by atoms with Gasteiger partial charge in [-0.25, -0.2) is 4.98 Å². The van der Waals surface area contributed by atoms with Crippen molar-refractivity contribution in [1.29, 1.82) is 0 Å². The molecule has 2 unspecified atom stereocenters. The Bertz CT molecular complexity index is 1200. The van der Waals surface area contributed by atoms with Crippen molar-refractivity contribution in [2.24, 2.45) is 11.5 Å². The van der Waals surface area contributed by atoms with E-state index in [9.17, 15) is 18.6 Å². The fraction of sp³-hybridized carbons (Fsp3) is 0.440. The Hall–Kier alpha value is -3.47. The van der Waals surface area contributed by atoms with Gasteiger partial charge in [-0.1, -0.05) is 0 Å². The third kappa shape index (κ3) is 5.84. The van der Waals surface area contributed by atoms with Crippen molar-refractivity contribution in [3.8, 4) is 0 Å². The maximum atomic E-state index is 13.1. The average molecular weight is 515 g/mol. The highest BCUT2D eigenvalue weighted by Gasteiger charge is 2.41. The molecular formula is C25H34N6O4S. The number of rotatable bonds is 9. The maximum absolute atomic E-state index is 13.1. The first-order valence-corrected chi connectivity index (χ1v) is 14.9. The van der Waals surface area contributed by atoms with Gasteiger partial charge >= 0.3 is 0 Å². The quantitative estimate of drug-likeness (QED) is 0.311. The van der Waals surface area contributed by atoms with Crippen LogP contribution in [0.15, 0.2) is 36.5 Å². The molecule has 0 saturated carbocycles. The number of benzene rings is 1. The molecule has 2 aliphatic rings. The molecule has 194 valence electrons. The van der Waals surface area contributed by atoms with Gasteiger partial charge in [0.2, 0.25) is 5.91 Å². The van der Waals surface area contributed by atoms with Gasteiger partial charge in [0.25, 0.3) is 11.8 Å². The number of hydrogen-bond donors (Lipinski definition) is 5. The summed E-state index contributed by atoms with van der Waals surface area (Å²) in [6, 6.07) is 8.79. The predicted octanol–water partition coefficient (Wildman–Crippen LogP) is 0.897. The lowest BCUT2D eigenvalue weighted by Gasteiger charge is -2.40. The van der Waals surface area contributed by atoms with Crippen molar-refractivity contribution in [3.63, 3.8) is 0 Å². The SMILES string of the molecule is C[SH](C)(=O)CCNc1cc(C(=O)NC2CC3CCC(C2)N3c2ccc(C(N)=O)cn2)ccc1C(N)=O. The number of amides is 3. The third-order valence-electron chi connectivity index (χ3n) is 6.88. The normalized spacial score (nSPS) is 21.6. The molecule has 10 nitrogen and oxygen atoms in total. The highest BCUT2D eigenvalue weighted by atomic mass is 32.2. The van der Waals surface area contributed by atoms with Crippen LogP contribution in [0.25, 0.3) is 0 Å². The summed E-state index contributed by atoms with van der Waals surface area (Å²) in [4.78, 5) is 43.0. The summed E-state index contributed by atoms with van der Waals surface area (Å²) >= 11 is 0. The molecule has 2 aromatic rings. The van der Waals surface area contributed by atoms with Crippen LogP contribution in [0.1, 0.15) is 56.8 Å². The largest absolute Gasteiger partial charge is 0.384 e. The van der Waals surface area contributed by atoms with Crippen molar-refractivity contribution >= 4 is 39.2 Å². The number of fused-ring (bicyclic) bond motifs is 2. The Morgan fingerprint density at radius 2 is 1.69 bits per heavy atom. The number of aromatic nitrogens is 1. The van der Waals surface area contributed by atoms with Gasteiger partial charge in [0.1, 0.15) is 5.82 Å². The minimum absolute atomic E-state index is 0.00873. The van der Waals surface area contributed by atoms with E-state index in [1.165, 1.54) is 6.20 Å². The van der Waals surface area contributed by atoms with Crippen LogP contribution in [-0.2, 0) is 9.93 Å². The number of pyridine rings is 1. The molecule has 11 heteroatoms. The second-order valence-electron chi connectivity index (χ2n) is 10.1. The fourth-order valence-electron chi connectivity index (χ4n) is 5.13. The van der Waals surface area contributed by atoms with Gasteiger partial charge in [-0.2, -0.15) is 0 Å². The van der Waals surface area contributed by atoms with E-state index in [2.05, 4.69) is 20.5 Å². The van der Waals surface area contributed by atoms with Gasteiger partial charge in [-0.05, 0) is 68.5 Å². The third-order valence-corrected chi connectivity index (χ3v) is 8.18. The smallest absolute Gasteiger partial charge is 0.251 e. The number of thiol groups is 1. The summed E-state index contributed by atoms with van der Waals surface area (Å²) in [6.07, 6.45) is 8.51. The zero-order chi connectivity index (χ0) is 26.0. The lowest BCUT2D eigenvalue weighted by atomic mass is 9.96. The number of carbonyl (C=O) groups is 3. The van der Waals surface area contributed by atoms with E-state index >= 15 is 0 Å². The fourth-order valence-corrected chi connectivity index (χ4v) is 5.78. The van der Waals surface area contributed by atoms with Crippen molar-refractivity contribution in [3.05, 3.63) is 53.2 Å². The van der Waals surface area contributed by atoms with Gasteiger partial charge < -0.3 is 27.0 Å². The second-order valence-corrected chi connectivity index (χ2v) is 13.6. The minimum Gasteiger partial charge on any atom is -0.384 e. The van der Waals surface area contributed by atoms with Gasteiger partial charge in [-0.15, -0.1) is 9.93 Å².